The van der Waals surface area contributed by atoms with E-state index in [2.05, 4.69) is 21.7 Å². The Labute approximate surface area is 128 Å². The predicted octanol–water partition coefficient (Wildman–Crippen LogP) is 3.72. The molecule has 0 radical (unpaired) electrons. The molecular formula is C15H19N3O2S. The molecule has 112 valence electrons. The lowest BCUT2D eigenvalue weighted by Crippen LogP contribution is -2.18. The Hall–Kier alpha value is -1.92. The third-order valence-electron chi connectivity index (χ3n) is 3.13. The molecule has 0 bridgehead atoms. The molecule has 0 saturated carbocycles. The van der Waals surface area contributed by atoms with Crippen LogP contribution in [-0.4, -0.2) is 23.4 Å². The van der Waals surface area contributed by atoms with Gasteiger partial charge in [0.1, 0.15) is 5.69 Å². The molecule has 0 aliphatic rings. The molecule has 0 amide bonds. The molecular weight excluding hydrogens is 286 g/mol. The number of nitrogens with zero attached hydrogens (tertiary/aromatic N) is 2. The van der Waals surface area contributed by atoms with Gasteiger partial charge in [-0.1, -0.05) is 18.2 Å². The summed E-state index contributed by atoms with van der Waals surface area (Å²) < 4.78 is 0. The maximum atomic E-state index is 11.1. The number of nitro groups is 1. The Morgan fingerprint density at radius 1 is 1.29 bits per heavy atom. The van der Waals surface area contributed by atoms with Gasteiger partial charge in [-0.25, -0.2) is 0 Å². The molecule has 0 unspecified atom stereocenters. The van der Waals surface area contributed by atoms with Gasteiger partial charge in [0.25, 0.3) is 5.69 Å². The molecule has 0 aliphatic heterocycles. The Morgan fingerprint density at radius 2 is 2.10 bits per heavy atom. The van der Waals surface area contributed by atoms with E-state index in [1.165, 1.54) is 4.88 Å². The third kappa shape index (κ3) is 4.03. The second kappa shape index (κ2) is 7.19. The van der Waals surface area contributed by atoms with Crippen molar-refractivity contribution in [1.82, 2.24) is 4.90 Å². The summed E-state index contributed by atoms with van der Waals surface area (Å²) in [6, 6.07) is 9.36. The number of anilines is 1. The SMILES string of the molecule is CCNc1c(CN(C)Cc2cccs2)cccc1[N+](=O)[O-]. The number of nitro benzene ring substituents is 1. The minimum absolute atomic E-state index is 0.138. The van der Waals surface area contributed by atoms with Gasteiger partial charge in [-0.05, 0) is 31.0 Å². The van der Waals surface area contributed by atoms with Crippen molar-refractivity contribution in [2.75, 3.05) is 18.9 Å². The maximum Gasteiger partial charge on any atom is 0.292 e. The van der Waals surface area contributed by atoms with Gasteiger partial charge in [-0.2, -0.15) is 0 Å². The van der Waals surface area contributed by atoms with Gasteiger partial charge in [-0.3, -0.25) is 15.0 Å². The summed E-state index contributed by atoms with van der Waals surface area (Å²) in [4.78, 5) is 14.3. The summed E-state index contributed by atoms with van der Waals surface area (Å²) in [7, 11) is 2.02. The summed E-state index contributed by atoms with van der Waals surface area (Å²) in [5.41, 5.74) is 1.71. The Kier molecular flexibility index (Phi) is 5.30. The van der Waals surface area contributed by atoms with E-state index in [1.807, 2.05) is 26.1 Å². The van der Waals surface area contributed by atoms with Crippen LogP contribution in [-0.2, 0) is 13.1 Å². The lowest BCUT2D eigenvalue weighted by molar-refractivity contribution is -0.384. The number of rotatable bonds is 7. The van der Waals surface area contributed by atoms with Crippen molar-refractivity contribution in [3.63, 3.8) is 0 Å². The van der Waals surface area contributed by atoms with Gasteiger partial charge in [0.15, 0.2) is 0 Å². The number of benzene rings is 1. The predicted molar refractivity (Wildman–Crippen MR) is 86.8 cm³/mol. The highest BCUT2D eigenvalue weighted by molar-refractivity contribution is 7.09. The van der Waals surface area contributed by atoms with Crippen LogP contribution in [0.15, 0.2) is 35.7 Å². The molecule has 0 aliphatic carbocycles. The molecule has 0 fully saturated rings. The quantitative estimate of drug-likeness (QED) is 0.625. The first-order chi connectivity index (χ1) is 10.1. The van der Waals surface area contributed by atoms with Crippen LogP contribution in [0, 0.1) is 10.1 Å². The zero-order valence-electron chi connectivity index (χ0n) is 12.2. The number of hydrogen-bond donors (Lipinski definition) is 1. The van der Waals surface area contributed by atoms with Gasteiger partial charge in [0.2, 0.25) is 0 Å². The highest BCUT2D eigenvalue weighted by atomic mass is 32.1. The van der Waals surface area contributed by atoms with E-state index in [1.54, 1.807) is 23.5 Å². The normalized spacial score (nSPS) is 10.8. The van der Waals surface area contributed by atoms with E-state index < -0.39 is 0 Å². The summed E-state index contributed by atoms with van der Waals surface area (Å²) in [5, 5.41) is 16.3. The molecule has 0 spiro atoms. The standard InChI is InChI=1S/C15H19N3O2S/c1-3-16-15-12(6-4-8-14(15)18(19)20)10-17(2)11-13-7-5-9-21-13/h4-9,16H,3,10-11H2,1-2H3. The van der Waals surface area contributed by atoms with Crippen LogP contribution in [0.4, 0.5) is 11.4 Å². The molecule has 6 heteroatoms. The largest absolute Gasteiger partial charge is 0.380 e. The summed E-state index contributed by atoms with van der Waals surface area (Å²) >= 11 is 1.72. The lowest BCUT2D eigenvalue weighted by atomic mass is 10.1. The van der Waals surface area contributed by atoms with E-state index in [-0.39, 0.29) is 10.6 Å². The molecule has 0 atom stereocenters. The van der Waals surface area contributed by atoms with Crippen LogP contribution < -0.4 is 5.32 Å². The van der Waals surface area contributed by atoms with Crippen LogP contribution in [0.3, 0.4) is 0 Å². The van der Waals surface area contributed by atoms with E-state index in [0.29, 0.717) is 18.8 Å². The minimum Gasteiger partial charge on any atom is -0.380 e. The van der Waals surface area contributed by atoms with Crippen molar-refractivity contribution in [3.05, 3.63) is 56.3 Å². The number of hydrogen-bond acceptors (Lipinski definition) is 5. The van der Waals surface area contributed by atoms with Crippen molar-refractivity contribution in [2.24, 2.45) is 0 Å². The molecule has 0 saturated heterocycles. The topological polar surface area (TPSA) is 58.4 Å². The summed E-state index contributed by atoms with van der Waals surface area (Å²) in [5.74, 6) is 0. The highest BCUT2D eigenvalue weighted by Gasteiger charge is 2.17. The monoisotopic (exact) mass is 305 g/mol. The zero-order valence-corrected chi connectivity index (χ0v) is 13.0. The Balaban J connectivity index is 2.18. The molecule has 2 aromatic rings. The summed E-state index contributed by atoms with van der Waals surface area (Å²) in [6.07, 6.45) is 0. The summed E-state index contributed by atoms with van der Waals surface area (Å²) in [6.45, 7) is 4.11. The van der Waals surface area contributed by atoms with Gasteiger partial charge >= 0.3 is 0 Å². The smallest absolute Gasteiger partial charge is 0.292 e. The Morgan fingerprint density at radius 3 is 2.71 bits per heavy atom. The van der Waals surface area contributed by atoms with Crippen molar-refractivity contribution >= 4 is 22.7 Å². The number of thiophene rings is 1. The fourth-order valence-electron chi connectivity index (χ4n) is 2.27. The van der Waals surface area contributed by atoms with Gasteiger partial charge < -0.3 is 5.32 Å². The van der Waals surface area contributed by atoms with Crippen LogP contribution in [0.1, 0.15) is 17.4 Å². The first kappa shape index (κ1) is 15.5. The van der Waals surface area contributed by atoms with E-state index in [0.717, 1.165) is 12.1 Å². The van der Waals surface area contributed by atoms with Crippen molar-refractivity contribution in [2.45, 2.75) is 20.0 Å². The van der Waals surface area contributed by atoms with Crippen LogP contribution in [0.25, 0.3) is 0 Å². The average Bonchev–Trinajstić information content (AvgIpc) is 2.93. The van der Waals surface area contributed by atoms with Gasteiger partial charge in [0, 0.05) is 30.6 Å². The van der Waals surface area contributed by atoms with Gasteiger partial charge in [-0.15, -0.1) is 11.3 Å². The number of nitrogens with one attached hydrogen (secondary N) is 1. The molecule has 1 N–H and O–H groups in total. The fraction of sp³-hybridized carbons (Fsp3) is 0.333. The number of para-hydroxylation sites is 1. The molecule has 2 rings (SSSR count). The Bertz CT molecular complexity index is 599. The lowest BCUT2D eigenvalue weighted by Gasteiger charge is -2.18. The third-order valence-corrected chi connectivity index (χ3v) is 3.99. The van der Waals surface area contributed by atoms with Crippen molar-refractivity contribution in [3.8, 4) is 0 Å². The highest BCUT2D eigenvalue weighted by Crippen LogP contribution is 2.29. The minimum atomic E-state index is -0.333. The molecule has 5 nitrogen and oxygen atoms in total. The maximum absolute atomic E-state index is 11.1. The van der Waals surface area contributed by atoms with E-state index in [9.17, 15) is 10.1 Å². The zero-order chi connectivity index (χ0) is 15.2. The van der Waals surface area contributed by atoms with E-state index >= 15 is 0 Å². The molecule has 1 aromatic carbocycles. The molecule has 1 aromatic heterocycles. The second-order valence-electron chi connectivity index (χ2n) is 4.85. The molecule has 1 heterocycles. The first-order valence-corrected chi connectivity index (χ1v) is 7.71. The average molecular weight is 305 g/mol. The van der Waals surface area contributed by atoms with Gasteiger partial charge in [0.05, 0.1) is 4.92 Å². The van der Waals surface area contributed by atoms with Crippen LogP contribution >= 0.6 is 11.3 Å². The van der Waals surface area contributed by atoms with Crippen molar-refractivity contribution in [1.29, 1.82) is 0 Å². The first-order valence-electron chi connectivity index (χ1n) is 6.83. The van der Waals surface area contributed by atoms with Crippen LogP contribution in [0.5, 0.6) is 0 Å². The fourth-order valence-corrected chi connectivity index (χ4v) is 3.05. The van der Waals surface area contributed by atoms with Crippen LogP contribution in [0.2, 0.25) is 0 Å². The van der Waals surface area contributed by atoms with Crippen molar-refractivity contribution < 1.29 is 4.92 Å². The second-order valence-corrected chi connectivity index (χ2v) is 5.88. The molecule has 21 heavy (non-hydrogen) atoms. The van der Waals surface area contributed by atoms with E-state index in [4.69, 9.17) is 0 Å².